The Balaban J connectivity index is 4.48. The van der Waals surface area contributed by atoms with Crippen LogP contribution in [0, 0.1) is 0 Å². The number of carbonyl (C=O) groups excluding carboxylic acids is 1. The lowest BCUT2D eigenvalue weighted by Crippen LogP contribution is -2.37. The van der Waals surface area contributed by atoms with Gasteiger partial charge >= 0.3 is 5.97 Å². The van der Waals surface area contributed by atoms with Gasteiger partial charge in [0.05, 0.1) is 5.33 Å². The number of ether oxygens (including phenoxy) is 1. The molecule has 0 bridgehead atoms. The summed E-state index contributed by atoms with van der Waals surface area (Å²) in [6.45, 7) is 3.88. The van der Waals surface area contributed by atoms with Crippen LogP contribution in [-0.2, 0) is 9.53 Å². The zero-order valence-corrected chi connectivity index (χ0v) is 14.3. The Morgan fingerprint density at radius 1 is 1.21 bits per heavy atom. The summed E-state index contributed by atoms with van der Waals surface area (Å²) in [7, 11) is 0. The van der Waals surface area contributed by atoms with Crippen LogP contribution in [0.4, 0.5) is 0 Å². The molecule has 0 aliphatic heterocycles. The molecule has 0 aromatic heterocycles. The van der Waals surface area contributed by atoms with Crippen LogP contribution in [0.5, 0.6) is 0 Å². The van der Waals surface area contributed by atoms with Gasteiger partial charge in [-0.1, -0.05) is 45.7 Å². The van der Waals surface area contributed by atoms with Crippen molar-refractivity contribution in [1.82, 2.24) is 0 Å². The second-order valence-corrected chi connectivity index (χ2v) is 8.54. The van der Waals surface area contributed by atoms with E-state index in [-0.39, 0.29) is 5.97 Å². The van der Waals surface area contributed by atoms with Gasteiger partial charge in [0.15, 0.2) is 0 Å². The number of rotatable bonds is 5. The van der Waals surface area contributed by atoms with Gasteiger partial charge in [0.2, 0.25) is 3.42 Å². The van der Waals surface area contributed by atoms with Crippen LogP contribution in [0.1, 0.15) is 26.7 Å². The summed E-state index contributed by atoms with van der Waals surface area (Å²) in [6.07, 6.45) is 1.39. The fourth-order valence-corrected chi connectivity index (χ4v) is 1.28. The highest BCUT2D eigenvalue weighted by atomic mass is 79.9. The molecule has 0 radical (unpaired) electrons. The lowest BCUT2D eigenvalue weighted by atomic mass is 10.0. The van der Waals surface area contributed by atoms with Crippen molar-refractivity contribution in [2.45, 2.75) is 34.4 Å². The number of alkyl halides is 4. The molecule has 0 aliphatic carbocycles. The van der Waals surface area contributed by atoms with Gasteiger partial charge in [0.25, 0.3) is 0 Å². The van der Waals surface area contributed by atoms with Gasteiger partial charge in [-0.25, -0.2) is 0 Å². The fraction of sp³-hybridized carbons (Fsp3) is 0.875. The quantitative estimate of drug-likeness (QED) is 0.452. The zero-order valence-electron chi connectivity index (χ0n) is 7.95. The third-order valence-corrected chi connectivity index (χ3v) is 6.51. The van der Waals surface area contributed by atoms with E-state index in [0.29, 0.717) is 18.2 Å². The van der Waals surface area contributed by atoms with E-state index in [1.165, 1.54) is 0 Å². The van der Waals surface area contributed by atoms with Crippen molar-refractivity contribution < 1.29 is 9.53 Å². The number of hydrogen-bond acceptors (Lipinski definition) is 2. The van der Waals surface area contributed by atoms with Crippen molar-refractivity contribution in [2.75, 3.05) is 5.33 Å². The van der Waals surface area contributed by atoms with Gasteiger partial charge in [-0.2, -0.15) is 0 Å². The molecule has 84 valence electrons. The van der Waals surface area contributed by atoms with Gasteiger partial charge in [-0.15, -0.1) is 0 Å². The highest BCUT2D eigenvalue weighted by molar-refractivity contribution is 9.26. The molecule has 0 aromatic carbocycles. The van der Waals surface area contributed by atoms with Crippen LogP contribution in [0.15, 0.2) is 0 Å². The Kier molecular flexibility index (Phi) is 6.82. The molecule has 0 N–H and O–H groups in total. The fourth-order valence-electron chi connectivity index (χ4n) is 0.793. The first-order valence-corrected chi connectivity index (χ1v) is 7.67. The van der Waals surface area contributed by atoms with Crippen LogP contribution in [0.25, 0.3) is 0 Å². The molecule has 0 spiro atoms. The molecule has 0 saturated carbocycles. The summed E-state index contributed by atoms with van der Waals surface area (Å²) in [4.78, 5) is 11.8. The molecule has 0 amide bonds. The van der Waals surface area contributed by atoms with Crippen LogP contribution < -0.4 is 0 Å². The summed E-state index contributed by atoms with van der Waals surface area (Å²) < 4.78 is 3.83. The average Bonchev–Trinajstić information content (AvgIpc) is 2.16. The molecule has 0 aromatic rings. The number of halogens is 4. The molecule has 0 aliphatic rings. The molecular formula is C8H12Br4O2. The van der Waals surface area contributed by atoms with Gasteiger partial charge in [0, 0.05) is 0 Å². The SMILES string of the molecule is CCC(Br)(CC)C(=O)OC(Br)(Br)CBr. The zero-order chi connectivity index (χ0) is 11.4. The van der Waals surface area contributed by atoms with Crippen LogP contribution in [-0.4, -0.2) is 19.0 Å². The van der Waals surface area contributed by atoms with Crippen molar-refractivity contribution in [3.05, 3.63) is 0 Å². The molecule has 0 fully saturated rings. The normalized spacial score (nSPS) is 12.7. The monoisotopic (exact) mass is 456 g/mol. The van der Waals surface area contributed by atoms with Crippen molar-refractivity contribution in [1.29, 1.82) is 0 Å². The lowest BCUT2D eigenvalue weighted by molar-refractivity contribution is -0.148. The standard InChI is InChI=1S/C8H12Br4O2/c1-3-7(10,4-2)6(13)14-8(11,12)5-9/h3-5H2,1-2H3. The minimum absolute atomic E-state index is 0.268. The molecule has 0 unspecified atom stereocenters. The van der Waals surface area contributed by atoms with E-state index in [1.807, 2.05) is 13.8 Å². The average molecular weight is 460 g/mol. The van der Waals surface area contributed by atoms with E-state index < -0.39 is 7.74 Å². The summed E-state index contributed by atoms with van der Waals surface area (Å²) in [5, 5.41) is 0.474. The first-order chi connectivity index (χ1) is 6.31. The summed E-state index contributed by atoms with van der Waals surface area (Å²) in [5.74, 6) is -0.268. The highest BCUT2D eigenvalue weighted by Crippen LogP contribution is 2.35. The smallest absolute Gasteiger partial charge is 0.324 e. The molecule has 0 saturated heterocycles. The maximum absolute atomic E-state index is 11.8. The molecule has 6 heteroatoms. The van der Waals surface area contributed by atoms with Crippen LogP contribution in [0.3, 0.4) is 0 Å². The largest absolute Gasteiger partial charge is 0.435 e. The second-order valence-electron chi connectivity index (χ2n) is 2.83. The summed E-state index contributed by atoms with van der Waals surface area (Å²) in [5.41, 5.74) is 0. The predicted octanol–water partition coefficient (Wildman–Crippen LogP) is 4.32. The van der Waals surface area contributed by atoms with Crippen molar-refractivity contribution in [2.24, 2.45) is 0 Å². The number of hydrogen-bond donors (Lipinski definition) is 0. The minimum Gasteiger partial charge on any atom is -0.435 e. The van der Waals surface area contributed by atoms with E-state index in [4.69, 9.17) is 4.74 Å². The second kappa shape index (κ2) is 6.21. The first kappa shape index (κ1) is 15.4. The minimum atomic E-state index is -0.819. The van der Waals surface area contributed by atoms with Gasteiger partial charge < -0.3 is 4.74 Å². The lowest BCUT2D eigenvalue weighted by Gasteiger charge is -2.27. The Morgan fingerprint density at radius 2 is 1.64 bits per heavy atom. The van der Waals surface area contributed by atoms with E-state index in [1.54, 1.807) is 0 Å². The molecular weight excluding hydrogens is 448 g/mol. The topological polar surface area (TPSA) is 26.3 Å². The summed E-state index contributed by atoms with van der Waals surface area (Å²) >= 11 is 13.1. The molecule has 2 nitrogen and oxygen atoms in total. The van der Waals surface area contributed by atoms with E-state index >= 15 is 0 Å². The molecule has 0 heterocycles. The van der Waals surface area contributed by atoms with Gasteiger partial charge in [-0.3, -0.25) is 4.79 Å². The van der Waals surface area contributed by atoms with Gasteiger partial charge in [-0.05, 0) is 44.7 Å². The molecule has 0 atom stereocenters. The predicted molar refractivity (Wildman–Crippen MR) is 72.7 cm³/mol. The third kappa shape index (κ3) is 4.49. The third-order valence-electron chi connectivity index (χ3n) is 1.88. The van der Waals surface area contributed by atoms with Crippen molar-refractivity contribution in [3.63, 3.8) is 0 Å². The van der Waals surface area contributed by atoms with E-state index in [2.05, 4.69) is 63.7 Å². The highest BCUT2D eigenvalue weighted by Gasteiger charge is 2.38. The van der Waals surface area contributed by atoms with Gasteiger partial charge in [0.1, 0.15) is 4.32 Å². The van der Waals surface area contributed by atoms with Crippen molar-refractivity contribution in [3.8, 4) is 0 Å². The van der Waals surface area contributed by atoms with E-state index in [0.717, 1.165) is 0 Å². The van der Waals surface area contributed by atoms with Crippen molar-refractivity contribution >= 4 is 69.7 Å². The van der Waals surface area contributed by atoms with Crippen LogP contribution in [0.2, 0.25) is 0 Å². The maximum Gasteiger partial charge on any atom is 0.324 e. The Morgan fingerprint density at radius 3 is 1.93 bits per heavy atom. The molecule has 14 heavy (non-hydrogen) atoms. The van der Waals surface area contributed by atoms with Crippen LogP contribution >= 0.6 is 63.7 Å². The number of carbonyl (C=O) groups is 1. The summed E-state index contributed by atoms with van der Waals surface area (Å²) in [6, 6.07) is 0. The Bertz CT molecular complexity index is 202. The Labute approximate surface area is 118 Å². The maximum atomic E-state index is 11.8. The van der Waals surface area contributed by atoms with E-state index in [9.17, 15) is 4.79 Å². The number of esters is 1. The Hall–Kier alpha value is 1.39. The first-order valence-electron chi connectivity index (χ1n) is 4.17. The molecule has 0 rings (SSSR count).